The highest BCUT2D eigenvalue weighted by Gasteiger charge is 2.14. The quantitative estimate of drug-likeness (QED) is 0.745. The normalized spacial score (nSPS) is 14.6. The molecule has 3 heteroatoms. The highest BCUT2D eigenvalue weighted by Crippen LogP contribution is 2.27. The lowest BCUT2D eigenvalue weighted by atomic mass is 10.1. The zero-order chi connectivity index (χ0) is 10.8. The number of anilines is 1. The van der Waals surface area contributed by atoms with Crippen molar-refractivity contribution in [2.75, 3.05) is 18.5 Å². The van der Waals surface area contributed by atoms with Gasteiger partial charge >= 0.3 is 5.97 Å². The molecule has 0 aromatic heterocycles. The van der Waals surface area contributed by atoms with Crippen LogP contribution >= 0.6 is 0 Å². The van der Waals surface area contributed by atoms with Crippen molar-refractivity contribution >= 4 is 17.7 Å². The van der Waals surface area contributed by atoms with Crippen molar-refractivity contribution in [3.63, 3.8) is 0 Å². The average molecular weight is 203 g/mol. The number of rotatable bonds is 2. The number of carboxylic acid groups (broad SMARTS) is 1. The number of fused-ring (bicyclic) bond motifs is 1. The second kappa shape index (κ2) is 3.77. The Hall–Kier alpha value is -1.77. The second-order valence-electron chi connectivity index (χ2n) is 3.73. The van der Waals surface area contributed by atoms with E-state index < -0.39 is 5.97 Å². The van der Waals surface area contributed by atoms with Gasteiger partial charge in [-0.3, -0.25) is 0 Å². The molecule has 2 rings (SSSR count). The van der Waals surface area contributed by atoms with Gasteiger partial charge in [0.05, 0.1) is 0 Å². The van der Waals surface area contributed by atoms with Crippen molar-refractivity contribution in [1.82, 2.24) is 0 Å². The summed E-state index contributed by atoms with van der Waals surface area (Å²) in [6.07, 6.45) is 3.84. The molecule has 1 aliphatic heterocycles. The van der Waals surface area contributed by atoms with Crippen LogP contribution < -0.4 is 4.90 Å². The number of likely N-dealkylation sites (N-methyl/N-ethyl adjacent to an activating group) is 1. The van der Waals surface area contributed by atoms with Gasteiger partial charge in [-0.05, 0) is 35.8 Å². The van der Waals surface area contributed by atoms with Gasteiger partial charge < -0.3 is 10.0 Å². The van der Waals surface area contributed by atoms with Crippen LogP contribution in [-0.2, 0) is 11.2 Å². The molecule has 15 heavy (non-hydrogen) atoms. The Morgan fingerprint density at radius 3 is 3.07 bits per heavy atom. The summed E-state index contributed by atoms with van der Waals surface area (Å²) in [6.45, 7) is 1.04. The van der Waals surface area contributed by atoms with Crippen LogP contribution in [0, 0.1) is 0 Å². The Morgan fingerprint density at radius 2 is 2.33 bits per heavy atom. The zero-order valence-electron chi connectivity index (χ0n) is 8.60. The van der Waals surface area contributed by atoms with E-state index in [0.29, 0.717) is 0 Å². The fraction of sp³-hybridized carbons (Fsp3) is 0.250. The largest absolute Gasteiger partial charge is 0.478 e. The number of hydrogen-bond acceptors (Lipinski definition) is 2. The van der Waals surface area contributed by atoms with Gasteiger partial charge in [0.2, 0.25) is 0 Å². The molecule has 0 saturated heterocycles. The smallest absolute Gasteiger partial charge is 0.328 e. The van der Waals surface area contributed by atoms with Crippen LogP contribution in [0.25, 0.3) is 6.08 Å². The summed E-state index contributed by atoms with van der Waals surface area (Å²) in [5, 5.41) is 8.52. The van der Waals surface area contributed by atoms with Crippen LogP contribution in [0.15, 0.2) is 24.3 Å². The molecule has 1 N–H and O–H groups in total. The molecule has 3 nitrogen and oxygen atoms in total. The lowest BCUT2D eigenvalue weighted by Gasteiger charge is -2.11. The molecule has 1 aliphatic rings. The average Bonchev–Trinajstić information content (AvgIpc) is 2.57. The van der Waals surface area contributed by atoms with Crippen LogP contribution in [0.4, 0.5) is 5.69 Å². The maximum atomic E-state index is 10.4. The van der Waals surface area contributed by atoms with E-state index in [1.807, 2.05) is 12.1 Å². The summed E-state index contributed by atoms with van der Waals surface area (Å²) in [4.78, 5) is 12.6. The molecule has 1 aromatic carbocycles. The lowest BCUT2D eigenvalue weighted by molar-refractivity contribution is -0.131. The van der Waals surface area contributed by atoms with E-state index in [-0.39, 0.29) is 0 Å². The minimum absolute atomic E-state index is 0.910. The molecule has 1 heterocycles. The Bertz CT molecular complexity index is 424. The second-order valence-corrected chi connectivity index (χ2v) is 3.73. The minimum atomic E-state index is -0.910. The van der Waals surface area contributed by atoms with Gasteiger partial charge in [0.15, 0.2) is 0 Å². The molecule has 78 valence electrons. The Balaban J connectivity index is 2.27. The van der Waals surface area contributed by atoms with Crippen LogP contribution in [-0.4, -0.2) is 24.7 Å². The van der Waals surface area contributed by atoms with Gasteiger partial charge in [-0.2, -0.15) is 0 Å². The van der Waals surface area contributed by atoms with Crippen LogP contribution in [0.5, 0.6) is 0 Å². The topological polar surface area (TPSA) is 40.5 Å². The SMILES string of the molecule is CN1CCc2cc(/C=C\C(=O)O)ccc21. The minimum Gasteiger partial charge on any atom is -0.478 e. The van der Waals surface area contributed by atoms with Crippen LogP contribution in [0.2, 0.25) is 0 Å². The van der Waals surface area contributed by atoms with Gasteiger partial charge in [0.25, 0.3) is 0 Å². The molecule has 0 amide bonds. The van der Waals surface area contributed by atoms with Gasteiger partial charge in [-0.15, -0.1) is 0 Å². The van der Waals surface area contributed by atoms with Gasteiger partial charge in [-0.25, -0.2) is 4.79 Å². The van der Waals surface area contributed by atoms with E-state index in [2.05, 4.69) is 18.0 Å². The number of nitrogens with zero attached hydrogens (tertiary/aromatic N) is 1. The molecule has 0 unspecified atom stereocenters. The van der Waals surface area contributed by atoms with E-state index in [0.717, 1.165) is 18.5 Å². The first kappa shape index (κ1) is 9.77. The Labute approximate surface area is 88.6 Å². The molecule has 0 aliphatic carbocycles. The summed E-state index contributed by atoms with van der Waals surface area (Å²) in [5.74, 6) is -0.910. The third-order valence-electron chi connectivity index (χ3n) is 2.65. The summed E-state index contributed by atoms with van der Waals surface area (Å²) in [5.41, 5.74) is 3.50. The third kappa shape index (κ3) is 2.01. The Kier molecular flexibility index (Phi) is 2.46. The molecular formula is C12H13NO2. The van der Waals surface area contributed by atoms with E-state index in [1.54, 1.807) is 6.08 Å². The molecule has 0 fully saturated rings. The molecule has 0 atom stereocenters. The summed E-state index contributed by atoms with van der Waals surface area (Å²) in [6, 6.07) is 6.04. The third-order valence-corrected chi connectivity index (χ3v) is 2.65. The summed E-state index contributed by atoms with van der Waals surface area (Å²) in [7, 11) is 2.07. The molecule has 0 saturated carbocycles. The predicted octanol–water partition coefficient (Wildman–Crippen LogP) is 1.78. The predicted molar refractivity (Wildman–Crippen MR) is 60.1 cm³/mol. The maximum Gasteiger partial charge on any atom is 0.328 e. The fourth-order valence-electron chi connectivity index (χ4n) is 1.86. The van der Waals surface area contributed by atoms with Gasteiger partial charge in [-0.1, -0.05) is 6.07 Å². The van der Waals surface area contributed by atoms with Crippen molar-refractivity contribution in [2.24, 2.45) is 0 Å². The first-order valence-electron chi connectivity index (χ1n) is 4.92. The number of aliphatic carboxylic acids is 1. The van der Waals surface area contributed by atoms with Crippen LogP contribution in [0.1, 0.15) is 11.1 Å². The monoisotopic (exact) mass is 203 g/mol. The molecule has 0 spiro atoms. The van der Waals surface area contributed by atoms with E-state index >= 15 is 0 Å². The maximum absolute atomic E-state index is 10.4. The van der Waals surface area contributed by atoms with Crippen molar-refractivity contribution < 1.29 is 9.90 Å². The van der Waals surface area contributed by atoms with E-state index in [9.17, 15) is 4.79 Å². The highest BCUT2D eigenvalue weighted by molar-refractivity contribution is 5.85. The van der Waals surface area contributed by atoms with Crippen molar-refractivity contribution in [3.05, 3.63) is 35.4 Å². The zero-order valence-corrected chi connectivity index (χ0v) is 8.60. The number of carboxylic acids is 1. The lowest BCUT2D eigenvalue weighted by Crippen LogP contribution is -2.12. The number of hydrogen-bond donors (Lipinski definition) is 1. The fourth-order valence-corrected chi connectivity index (χ4v) is 1.86. The number of carbonyl (C=O) groups is 1. The first-order chi connectivity index (χ1) is 7.16. The standard InChI is InChI=1S/C12H13NO2/c1-13-7-6-10-8-9(2-4-11(10)13)3-5-12(14)15/h2-5,8H,6-7H2,1H3,(H,14,15)/b5-3-. The molecule has 0 radical (unpaired) electrons. The van der Waals surface area contributed by atoms with Gasteiger partial charge in [0.1, 0.15) is 0 Å². The van der Waals surface area contributed by atoms with Crippen molar-refractivity contribution in [3.8, 4) is 0 Å². The highest BCUT2D eigenvalue weighted by atomic mass is 16.4. The van der Waals surface area contributed by atoms with E-state index in [1.165, 1.54) is 17.3 Å². The molecule has 0 bridgehead atoms. The van der Waals surface area contributed by atoms with Crippen molar-refractivity contribution in [2.45, 2.75) is 6.42 Å². The summed E-state index contributed by atoms with van der Waals surface area (Å²) < 4.78 is 0. The van der Waals surface area contributed by atoms with E-state index in [4.69, 9.17) is 5.11 Å². The Morgan fingerprint density at radius 1 is 1.53 bits per heavy atom. The first-order valence-corrected chi connectivity index (χ1v) is 4.92. The van der Waals surface area contributed by atoms with Gasteiger partial charge in [0, 0.05) is 25.4 Å². The summed E-state index contributed by atoms with van der Waals surface area (Å²) >= 11 is 0. The van der Waals surface area contributed by atoms with Crippen molar-refractivity contribution in [1.29, 1.82) is 0 Å². The molecule has 1 aromatic rings. The number of benzene rings is 1. The molecular weight excluding hydrogens is 190 g/mol. The van der Waals surface area contributed by atoms with Crippen LogP contribution in [0.3, 0.4) is 0 Å².